The van der Waals surface area contributed by atoms with Gasteiger partial charge in [0.1, 0.15) is 0 Å². The third-order valence-electron chi connectivity index (χ3n) is 2.40. The molecular formula is C8H16O3. The SMILES string of the molecule is CCC(CC)(CCO)C(=O)O. The van der Waals surface area contributed by atoms with Gasteiger partial charge in [-0.2, -0.15) is 0 Å². The first-order valence-corrected chi connectivity index (χ1v) is 3.97. The van der Waals surface area contributed by atoms with Gasteiger partial charge in [0.15, 0.2) is 0 Å². The first-order valence-electron chi connectivity index (χ1n) is 3.97. The van der Waals surface area contributed by atoms with E-state index < -0.39 is 11.4 Å². The number of rotatable bonds is 5. The van der Waals surface area contributed by atoms with E-state index in [9.17, 15) is 4.79 Å². The highest BCUT2D eigenvalue weighted by Gasteiger charge is 2.33. The lowest BCUT2D eigenvalue weighted by molar-refractivity contribution is -0.150. The van der Waals surface area contributed by atoms with Crippen LogP contribution in [0.1, 0.15) is 33.1 Å². The molecule has 3 nitrogen and oxygen atoms in total. The molecule has 0 rings (SSSR count). The Hall–Kier alpha value is -0.570. The van der Waals surface area contributed by atoms with Gasteiger partial charge in [-0.05, 0) is 19.3 Å². The second-order valence-electron chi connectivity index (χ2n) is 2.77. The van der Waals surface area contributed by atoms with E-state index >= 15 is 0 Å². The maximum Gasteiger partial charge on any atom is 0.309 e. The number of aliphatic hydroxyl groups excluding tert-OH is 1. The fourth-order valence-electron chi connectivity index (χ4n) is 1.23. The predicted molar refractivity (Wildman–Crippen MR) is 42.4 cm³/mol. The van der Waals surface area contributed by atoms with Gasteiger partial charge in [-0.1, -0.05) is 13.8 Å². The summed E-state index contributed by atoms with van der Waals surface area (Å²) in [5.41, 5.74) is -0.700. The lowest BCUT2D eigenvalue weighted by atomic mass is 9.80. The Morgan fingerprint density at radius 1 is 1.36 bits per heavy atom. The molecule has 0 aliphatic carbocycles. The highest BCUT2D eigenvalue weighted by atomic mass is 16.4. The van der Waals surface area contributed by atoms with Crippen LogP contribution in [0, 0.1) is 5.41 Å². The number of hydrogen-bond acceptors (Lipinski definition) is 2. The van der Waals surface area contributed by atoms with E-state index in [1.165, 1.54) is 0 Å². The number of aliphatic hydroxyl groups is 1. The molecule has 0 spiro atoms. The summed E-state index contributed by atoms with van der Waals surface area (Å²) in [4.78, 5) is 10.8. The fraction of sp³-hybridized carbons (Fsp3) is 0.875. The summed E-state index contributed by atoms with van der Waals surface area (Å²) in [5, 5.41) is 17.5. The Morgan fingerprint density at radius 3 is 1.91 bits per heavy atom. The summed E-state index contributed by atoms with van der Waals surface area (Å²) in [6, 6.07) is 0. The van der Waals surface area contributed by atoms with E-state index in [1.807, 2.05) is 13.8 Å². The topological polar surface area (TPSA) is 57.5 Å². The number of carbonyl (C=O) groups is 1. The molecule has 0 saturated heterocycles. The van der Waals surface area contributed by atoms with Crippen molar-refractivity contribution in [3.63, 3.8) is 0 Å². The van der Waals surface area contributed by atoms with E-state index in [1.54, 1.807) is 0 Å². The molecular weight excluding hydrogens is 144 g/mol. The Morgan fingerprint density at radius 2 is 1.82 bits per heavy atom. The van der Waals surface area contributed by atoms with Gasteiger partial charge in [-0.3, -0.25) is 4.79 Å². The summed E-state index contributed by atoms with van der Waals surface area (Å²) >= 11 is 0. The molecule has 0 bridgehead atoms. The average molecular weight is 160 g/mol. The molecule has 0 aliphatic heterocycles. The van der Waals surface area contributed by atoms with Gasteiger partial charge in [-0.15, -0.1) is 0 Å². The quantitative estimate of drug-likeness (QED) is 0.636. The second kappa shape index (κ2) is 4.34. The zero-order valence-electron chi connectivity index (χ0n) is 7.13. The van der Waals surface area contributed by atoms with Crippen molar-refractivity contribution >= 4 is 5.97 Å². The van der Waals surface area contributed by atoms with Crippen molar-refractivity contribution in [2.75, 3.05) is 6.61 Å². The molecule has 0 atom stereocenters. The lowest BCUT2D eigenvalue weighted by Crippen LogP contribution is -2.30. The molecule has 0 radical (unpaired) electrons. The molecule has 11 heavy (non-hydrogen) atoms. The molecule has 0 aliphatic rings. The van der Waals surface area contributed by atoms with Gasteiger partial charge in [0.25, 0.3) is 0 Å². The van der Waals surface area contributed by atoms with Crippen LogP contribution in [-0.2, 0) is 4.79 Å². The molecule has 3 heteroatoms. The molecule has 0 heterocycles. The van der Waals surface area contributed by atoms with E-state index in [0.717, 1.165) is 0 Å². The third-order valence-corrected chi connectivity index (χ3v) is 2.40. The Balaban J connectivity index is 4.32. The molecule has 0 unspecified atom stereocenters. The van der Waals surface area contributed by atoms with Crippen molar-refractivity contribution in [2.24, 2.45) is 5.41 Å². The zero-order chi connectivity index (χ0) is 8.91. The Bertz CT molecular complexity index is 127. The van der Waals surface area contributed by atoms with Crippen molar-refractivity contribution in [1.29, 1.82) is 0 Å². The number of carboxylic acids is 1. The summed E-state index contributed by atoms with van der Waals surface area (Å²) in [6.07, 6.45) is 1.52. The van der Waals surface area contributed by atoms with Crippen LogP contribution in [0.2, 0.25) is 0 Å². The van der Waals surface area contributed by atoms with Crippen LogP contribution >= 0.6 is 0 Å². The van der Waals surface area contributed by atoms with E-state index in [2.05, 4.69) is 0 Å². The van der Waals surface area contributed by atoms with E-state index in [0.29, 0.717) is 19.3 Å². The highest BCUT2D eigenvalue weighted by Crippen LogP contribution is 2.30. The van der Waals surface area contributed by atoms with Gasteiger partial charge < -0.3 is 10.2 Å². The molecule has 0 fully saturated rings. The van der Waals surface area contributed by atoms with Gasteiger partial charge in [-0.25, -0.2) is 0 Å². The minimum Gasteiger partial charge on any atom is -0.481 e. The van der Waals surface area contributed by atoms with Gasteiger partial charge in [0, 0.05) is 6.61 Å². The van der Waals surface area contributed by atoms with Gasteiger partial charge in [0.05, 0.1) is 5.41 Å². The Kier molecular flexibility index (Phi) is 4.11. The van der Waals surface area contributed by atoms with Crippen LogP contribution in [0.4, 0.5) is 0 Å². The smallest absolute Gasteiger partial charge is 0.309 e. The second-order valence-corrected chi connectivity index (χ2v) is 2.77. The zero-order valence-corrected chi connectivity index (χ0v) is 7.13. The standard InChI is InChI=1S/C8H16O3/c1-3-8(4-2,5-6-9)7(10)11/h9H,3-6H2,1-2H3,(H,10,11). The first-order chi connectivity index (χ1) is 5.13. The van der Waals surface area contributed by atoms with Crippen molar-refractivity contribution in [3.05, 3.63) is 0 Å². The van der Waals surface area contributed by atoms with Crippen LogP contribution < -0.4 is 0 Å². The summed E-state index contributed by atoms with van der Waals surface area (Å²) in [5.74, 6) is -0.795. The van der Waals surface area contributed by atoms with Crippen LogP contribution in [0.15, 0.2) is 0 Å². The number of hydrogen-bond donors (Lipinski definition) is 2. The maximum atomic E-state index is 10.8. The number of aliphatic carboxylic acids is 1. The first kappa shape index (κ1) is 10.4. The molecule has 0 aromatic carbocycles. The van der Waals surface area contributed by atoms with Crippen molar-refractivity contribution < 1.29 is 15.0 Å². The van der Waals surface area contributed by atoms with E-state index in [4.69, 9.17) is 10.2 Å². The molecule has 0 saturated carbocycles. The summed E-state index contributed by atoms with van der Waals surface area (Å²) < 4.78 is 0. The third kappa shape index (κ3) is 2.19. The van der Waals surface area contributed by atoms with Crippen LogP contribution in [0.3, 0.4) is 0 Å². The van der Waals surface area contributed by atoms with Crippen molar-refractivity contribution in [1.82, 2.24) is 0 Å². The predicted octanol–water partition coefficient (Wildman–Crippen LogP) is 1.26. The van der Waals surface area contributed by atoms with Gasteiger partial charge >= 0.3 is 5.97 Å². The van der Waals surface area contributed by atoms with Crippen LogP contribution in [0.25, 0.3) is 0 Å². The highest BCUT2D eigenvalue weighted by molar-refractivity contribution is 5.74. The fourth-order valence-corrected chi connectivity index (χ4v) is 1.23. The minimum atomic E-state index is -0.795. The monoisotopic (exact) mass is 160 g/mol. The van der Waals surface area contributed by atoms with Crippen molar-refractivity contribution in [3.8, 4) is 0 Å². The molecule has 66 valence electrons. The number of carboxylic acid groups (broad SMARTS) is 1. The maximum absolute atomic E-state index is 10.8. The Labute approximate surface area is 67.0 Å². The lowest BCUT2D eigenvalue weighted by Gasteiger charge is -2.25. The largest absolute Gasteiger partial charge is 0.481 e. The van der Waals surface area contributed by atoms with Crippen LogP contribution in [0.5, 0.6) is 0 Å². The summed E-state index contributed by atoms with van der Waals surface area (Å²) in [7, 11) is 0. The van der Waals surface area contributed by atoms with Crippen LogP contribution in [-0.4, -0.2) is 22.8 Å². The molecule has 0 aromatic rings. The molecule has 0 amide bonds. The summed E-state index contributed by atoms with van der Waals surface area (Å²) in [6.45, 7) is 3.63. The molecule has 0 aromatic heterocycles. The van der Waals surface area contributed by atoms with Gasteiger partial charge in [0.2, 0.25) is 0 Å². The molecule has 2 N–H and O–H groups in total. The van der Waals surface area contributed by atoms with E-state index in [-0.39, 0.29) is 6.61 Å². The average Bonchev–Trinajstić information content (AvgIpc) is 2.00. The van der Waals surface area contributed by atoms with Crippen molar-refractivity contribution in [2.45, 2.75) is 33.1 Å². The minimum absolute atomic E-state index is 0.0476. The normalized spacial score (nSPS) is 11.5.